The summed E-state index contributed by atoms with van der Waals surface area (Å²) in [7, 11) is 3.81. The highest BCUT2D eigenvalue weighted by Gasteiger charge is 2.71. The van der Waals surface area contributed by atoms with E-state index in [1.807, 2.05) is 0 Å². The molecule has 3 aliphatic carbocycles. The molecule has 1 saturated carbocycles. The van der Waals surface area contributed by atoms with Gasteiger partial charge in [0.15, 0.2) is 0 Å². The molecule has 0 unspecified atom stereocenters. The molecule has 2 fully saturated rings. The van der Waals surface area contributed by atoms with Crippen molar-refractivity contribution in [2.24, 2.45) is 23.7 Å². The Kier molecular flexibility index (Phi) is 4.20. The number of anilines is 1. The molecule has 2 amide bonds. The zero-order valence-corrected chi connectivity index (χ0v) is 15.6. The van der Waals surface area contributed by atoms with E-state index < -0.39 is 53.0 Å². The fourth-order valence-electron chi connectivity index (χ4n) is 4.77. The second kappa shape index (κ2) is 6.35. The predicted molar refractivity (Wildman–Crippen MR) is 94.8 cm³/mol. The van der Waals surface area contributed by atoms with E-state index in [-0.39, 0.29) is 5.57 Å². The molecule has 146 valence electrons. The minimum Gasteiger partial charge on any atom is -0.466 e. The predicted octanol–water partition coefficient (Wildman–Crippen LogP) is 0.709. The number of rotatable bonds is 4. The molecule has 2 bridgehead atoms. The summed E-state index contributed by atoms with van der Waals surface area (Å²) >= 11 is 0. The SMILES string of the molecule is COC(=O)C1=C[C@@H]2[C@@H]3C(=O)N(c4ccccc4)C(=O)[C@@H]3[C@H]1C(=O)C2(OC)OC. The van der Waals surface area contributed by atoms with Gasteiger partial charge in [-0.3, -0.25) is 19.3 Å². The molecule has 0 radical (unpaired) electrons. The fourth-order valence-corrected chi connectivity index (χ4v) is 4.77. The average Bonchev–Trinajstić information content (AvgIpc) is 3.00. The Morgan fingerprint density at radius 1 is 0.964 bits per heavy atom. The van der Waals surface area contributed by atoms with Gasteiger partial charge in [0, 0.05) is 19.8 Å². The molecular weight excluding hydrogens is 366 g/mol. The van der Waals surface area contributed by atoms with Crippen molar-refractivity contribution in [2.75, 3.05) is 26.2 Å². The van der Waals surface area contributed by atoms with Gasteiger partial charge < -0.3 is 14.2 Å². The Morgan fingerprint density at radius 2 is 1.57 bits per heavy atom. The van der Waals surface area contributed by atoms with Crippen LogP contribution in [0.4, 0.5) is 5.69 Å². The zero-order valence-electron chi connectivity index (χ0n) is 15.6. The van der Waals surface area contributed by atoms with Crippen molar-refractivity contribution in [1.82, 2.24) is 0 Å². The van der Waals surface area contributed by atoms with Crippen molar-refractivity contribution in [2.45, 2.75) is 5.79 Å². The number of Topliss-reactive ketones (excluding diaryl/α,β-unsaturated/α-hetero) is 1. The van der Waals surface area contributed by atoms with Gasteiger partial charge in [0.25, 0.3) is 0 Å². The molecule has 1 aromatic carbocycles. The van der Waals surface area contributed by atoms with Crippen LogP contribution in [0.2, 0.25) is 0 Å². The zero-order chi connectivity index (χ0) is 20.2. The lowest BCUT2D eigenvalue weighted by Gasteiger charge is -2.50. The number of amides is 2. The Morgan fingerprint density at radius 3 is 2.14 bits per heavy atom. The third-order valence-corrected chi connectivity index (χ3v) is 5.94. The summed E-state index contributed by atoms with van der Waals surface area (Å²) in [6, 6.07) is 8.48. The first-order valence-corrected chi connectivity index (χ1v) is 8.80. The van der Waals surface area contributed by atoms with E-state index in [4.69, 9.17) is 14.2 Å². The number of benzene rings is 1. The summed E-state index contributed by atoms with van der Waals surface area (Å²) in [5.74, 6) is -7.92. The van der Waals surface area contributed by atoms with Crippen LogP contribution < -0.4 is 4.90 Å². The summed E-state index contributed by atoms with van der Waals surface area (Å²) in [6.07, 6.45) is 1.49. The number of hydrogen-bond donors (Lipinski definition) is 0. The maximum Gasteiger partial charge on any atom is 0.334 e. The molecule has 8 heteroatoms. The van der Waals surface area contributed by atoms with Gasteiger partial charge in [-0.15, -0.1) is 0 Å². The van der Waals surface area contributed by atoms with Crippen LogP contribution in [0, 0.1) is 23.7 Å². The Balaban J connectivity index is 1.88. The van der Waals surface area contributed by atoms with E-state index in [2.05, 4.69) is 0 Å². The normalized spacial score (nSPS) is 30.3. The molecule has 28 heavy (non-hydrogen) atoms. The van der Waals surface area contributed by atoms with Gasteiger partial charge in [0.2, 0.25) is 23.4 Å². The summed E-state index contributed by atoms with van der Waals surface area (Å²) in [4.78, 5) is 53.1. The lowest BCUT2D eigenvalue weighted by Crippen LogP contribution is -2.65. The number of carbonyl (C=O) groups is 4. The van der Waals surface area contributed by atoms with Crippen LogP contribution in [-0.2, 0) is 33.4 Å². The summed E-state index contributed by atoms with van der Waals surface area (Å²) in [6.45, 7) is 0. The highest BCUT2D eigenvalue weighted by Crippen LogP contribution is 2.56. The second-order valence-corrected chi connectivity index (χ2v) is 6.96. The van der Waals surface area contributed by atoms with Crippen LogP contribution in [0.1, 0.15) is 0 Å². The van der Waals surface area contributed by atoms with Gasteiger partial charge in [-0.1, -0.05) is 24.3 Å². The molecule has 8 nitrogen and oxygen atoms in total. The van der Waals surface area contributed by atoms with Crippen molar-refractivity contribution in [3.63, 3.8) is 0 Å². The molecule has 0 N–H and O–H groups in total. The smallest absolute Gasteiger partial charge is 0.334 e. The first kappa shape index (κ1) is 18.5. The van der Waals surface area contributed by atoms with Crippen LogP contribution in [-0.4, -0.2) is 50.7 Å². The fraction of sp³-hybridized carbons (Fsp3) is 0.400. The molecule has 1 aromatic rings. The van der Waals surface area contributed by atoms with Gasteiger partial charge in [-0.25, -0.2) is 4.79 Å². The van der Waals surface area contributed by atoms with Crippen LogP contribution in [0.25, 0.3) is 0 Å². The summed E-state index contributed by atoms with van der Waals surface area (Å²) in [5.41, 5.74) is 0.485. The van der Waals surface area contributed by atoms with E-state index in [9.17, 15) is 19.2 Å². The Bertz CT molecular complexity index is 902. The number of fused-ring (bicyclic) bond motifs is 1. The molecular formula is C20H19NO7. The standard InChI is InChI=1S/C20H19NO7/c1-26-19(25)11-9-12-14-15(13(11)16(22)20(12,27-2)28-3)18(24)21(17(14)23)10-7-5-4-6-8-10/h4-9,12-15H,1-3H3/t12-,13+,14+,15-/m1/s1. The molecule has 5 rings (SSSR count). The summed E-state index contributed by atoms with van der Waals surface area (Å²) in [5, 5.41) is 0. The number of imide groups is 1. The minimum absolute atomic E-state index is 0.0690. The van der Waals surface area contributed by atoms with E-state index in [1.54, 1.807) is 30.3 Å². The lowest BCUT2D eigenvalue weighted by molar-refractivity contribution is -0.247. The van der Waals surface area contributed by atoms with E-state index in [0.717, 1.165) is 4.90 Å². The average molecular weight is 385 g/mol. The Hall–Kier alpha value is -2.84. The maximum absolute atomic E-state index is 13.3. The van der Waals surface area contributed by atoms with E-state index in [1.165, 1.54) is 27.4 Å². The molecule has 0 spiro atoms. The molecule has 1 saturated heterocycles. The van der Waals surface area contributed by atoms with Crippen LogP contribution in [0.15, 0.2) is 42.0 Å². The molecule has 4 atom stereocenters. The highest BCUT2D eigenvalue weighted by atomic mass is 16.7. The minimum atomic E-state index is -1.73. The van der Waals surface area contributed by atoms with Gasteiger partial charge in [-0.2, -0.15) is 0 Å². The largest absolute Gasteiger partial charge is 0.466 e. The van der Waals surface area contributed by atoms with Crippen LogP contribution >= 0.6 is 0 Å². The number of nitrogens with zero attached hydrogens (tertiary/aromatic N) is 1. The quantitative estimate of drug-likeness (QED) is 0.428. The molecule has 4 aliphatic rings. The third kappa shape index (κ3) is 2.12. The number of methoxy groups -OCH3 is 3. The van der Waals surface area contributed by atoms with Crippen molar-refractivity contribution in [3.8, 4) is 0 Å². The van der Waals surface area contributed by atoms with E-state index in [0.29, 0.717) is 5.69 Å². The van der Waals surface area contributed by atoms with Gasteiger partial charge >= 0.3 is 5.97 Å². The van der Waals surface area contributed by atoms with Gasteiger partial charge in [0.05, 0.1) is 36.5 Å². The topological polar surface area (TPSA) is 99.2 Å². The monoisotopic (exact) mass is 385 g/mol. The number of hydrogen-bond acceptors (Lipinski definition) is 7. The third-order valence-electron chi connectivity index (χ3n) is 5.94. The van der Waals surface area contributed by atoms with Crippen molar-refractivity contribution < 1.29 is 33.4 Å². The number of carbonyl (C=O) groups excluding carboxylic acids is 4. The van der Waals surface area contributed by atoms with Crippen molar-refractivity contribution in [1.29, 1.82) is 0 Å². The summed E-state index contributed by atoms with van der Waals surface area (Å²) < 4.78 is 15.6. The highest BCUT2D eigenvalue weighted by molar-refractivity contribution is 6.25. The van der Waals surface area contributed by atoms with Gasteiger partial charge in [0.1, 0.15) is 0 Å². The number of ether oxygens (including phenoxy) is 3. The number of para-hydroxylation sites is 1. The van der Waals surface area contributed by atoms with Crippen LogP contribution in [0.3, 0.4) is 0 Å². The molecule has 1 heterocycles. The van der Waals surface area contributed by atoms with Crippen molar-refractivity contribution >= 4 is 29.3 Å². The maximum atomic E-state index is 13.3. The van der Waals surface area contributed by atoms with E-state index >= 15 is 0 Å². The number of esters is 1. The van der Waals surface area contributed by atoms with Gasteiger partial charge in [-0.05, 0) is 12.1 Å². The first-order valence-electron chi connectivity index (χ1n) is 8.80. The first-order chi connectivity index (χ1) is 13.4. The van der Waals surface area contributed by atoms with Crippen molar-refractivity contribution in [3.05, 3.63) is 42.0 Å². The second-order valence-electron chi connectivity index (χ2n) is 6.96. The molecule has 0 aromatic heterocycles. The number of ketones is 1. The molecule has 1 aliphatic heterocycles. The lowest BCUT2D eigenvalue weighted by atomic mass is 9.56. The Labute approximate surface area is 161 Å². The van der Waals surface area contributed by atoms with Crippen LogP contribution in [0.5, 0.6) is 0 Å².